The number of benzene rings is 2. The molecule has 0 spiro atoms. The van der Waals surface area contributed by atoms with Crippen LogP contribution in [0.1, 0.15) is 43.6 Å². The first-order valence-corrected chi connectivity index (χ1v) is 11.3. The number of rotatable bonds is 3. The van der Waals surface area contributed by atoms with Gasteiger partial charge in [-0.1, -0.05) is 32.0 Å². The van der Waals surface area contributed by atoms with Gasteiger partial charge in [-0.05, 0) is 56.0 Å². The molecule has 0 fully saturated rings. The number of fused-ring (bicyclic) bond motifs is 2. The van der Waals surface area contributed by atoms with E-state index < -0.39 is 10.0 Å². The second-order valence-corrected chi connectivity index (χ2v) is 9.73. The summed E-state index contributed by atoms with van der Waals surface area (Å²) < 4.78 is 29.4. The molecule has 152 valence electrons. The van der Waals surface area contributed by atoms with Gasteiger partial charge in [-0.25, -0.2) is 0 Å². The van der Waals surface area contributed by atoms with Crippen molar-refractivity contribution in [2.75, 3.05) is 16.3 Å². The van der Waals surface area contributed by atoms with E-state index >= 15 is 0 Å². The van der Waals surface area contributed by atoms with Crippen LogP contribution in [0.25, 0.3) is 0 Å². The lowest BCUT2D eigenvalue weighted by Crippen LogP contribution is -2.38. The maximum atomic E-state index is 13.3. The molecule has 0 saturated heterocycles. The van der Waals surface area contributed by atoms with Gasteiger partial charge in [-0.2, -0.15) is 8.42 Å². The SMILES string of the molecule is CC1=NS(=O)(=O)c2cc(C(=O)N3c4ccccc4CC3C)ccc2N1CC(C)C. The minimum absolute atomic E-state index is 0.0187. The second-order valence-electron chi connectivity index (χ2n) is 8.16. The highest BCUT2D eigenvalue weighted by atomic mass is 32.2. The second kappa shape index (κ2) is 6.99. The molecular formula is C22H25N3O3S. The lowest BCUT2D eigenvalue weighted by molar-refractivity contribution is 0.0981. The molecule has 2 aromatic rings. The van der Waals surface area contributed by atoms with Crippen molar-refractivity contribution in [3.63, 3.8) is 0 Å². The standard InChI is InChI=1S/C22H25N3O3S/c1-14(2)13-24-16(4)23-29(27,28)21-12-18(9-10-20(21)24)22(26)25-15(3)11-17-7-5-6-8-19(17)25/h5-10,12,14-15H,11,13H2,1-4H3. The van der Waals surface area contributed by atoms with Crippen LogP contribution in [0, 0.1) is 5.92 Å². The maximum absolute atomic E-state index is 13.3. The number of nitrogens with zero attached hydrogens (tertiary/aromatic N) is 3. The lowest BCUT2D eigenvalue weighted by Gasteiger charge is -2.31. The summed E-state index contributed by atoms with van der Waals surface area (Å²) in [5.41, 5.74) is 2.95. The lowest BCUT2D eigenvalue weighted by atomic mass is 10.1. The number of hydrogen-bond acceptors (Lipinski definition) is 4. The third kappa shape index (κ3) is 3.33. The van der Waals surface area contributed by atoms with E-state index in [9.17, 15) is 13.2 Å². The molecule has 2 aliphatic heterocycles. The van der Waals surface area contributed by atoms with Crippen molar-refractivity contribution < 1.29 is 13.2 Å². The van der Waals surface area contributed by atoms with Gasteiger partial charge in [0.25, 0.3) is 15.9 Å². The van der Waals surface area contributed by atoms with E-state index in [2.05, 4.69) is 18.2 Å². The summed E-state index contributed by atoms with van der Waals surface area (Å²) in [5, 5.41) is 0. The summed E-state index contributed by atoms with van der Waals surface area (Å²) >= 11 is 0. The van der Waals surface area contributed by atoms with Gasteiger partial charge in [0.2, 0.25) is 0 Å². The summed E-state index contributed by atoms with van der Waals surface area (Å²) in [7, 11) is -3.84. The Kier molecular flexibility index (Phi) is 4.73. The Balaban J connectivity index is 1.77. The summed E-state index contributed by atoms with van der Waals surface area (Å²) in [6, 6.07) is 12.8. The third-order valence-electron chi connectivity index (χ3n) is 5.39. The molecule has 2 aromatic carbocycles. The summed E-state index contributed by atoms with van der Waals surface area (Å²) in [5.74, 6) is 0.589. The Bertz CT molecular complexity index is 1120. The molecule has 1 unspecified atom stereocenters. The number of amidine groups is 1. The van der Waals surface area contributed by atoms with Gasteiger partial charge in [0, 0.05) is 23.8 Å². The molecule has 1 amide bonds. The van der Waals surface area contributed by atoms with Crippen LogP contribution in [0.5, 0.6) is 0 Å². The van der Waals surface area contributed by atoms with Gasteiger partial charge in [0.15, 0.2) is 0 Å². The topological polar surface area (TPSA) is 70.0 Å². The quantitative estimate of drug-likeness (QED) is 0.769. The molecule has 2 aliphatic rings. The Morgan fingerprint density at radius 3 is 2.62 bits per heavy atom. The van der Waals surface area contributed by atoms with Gasteiger partial charge < -0.3 is 9.80 Å². The van der Waals surface area contributed by atoms with E-state index in [0.29, 0.717) is 29.5 Å². The fourth-order valence-corrected chi connectivity index (χ4v) is 5.40. The van der Waals surface area contributed by atoms with E-state index in [4.69, 9.17) is 0 Å². The summed E-state index contributed by atoms with van der Waals surface area (Å²) in [6.45, 7) is 8.50. The Morgan fingerprint density at radius 1 is 1.17 bits per heavy atom. The maximum Gasteiger partial charge on any atom is 0.286 e. The van der Waals surface area contributed by atoms with Crippen LogP contribution in [-0.2, 0) is 16.4 Å². The van der Waals surface area contributed by atoms with Crippen LogP contribution in [0.4, 0.5) is 11.4 Å². The molecule has 2 heterocycles. The van der Waals surface area contributed by atoms with E-state index in [0.717, 1.165) is 17.7 Å². The smallest absolute Gasteiger partial charge is 0.286 e. The van der Waals surface area contributed by atoms with Gasteiger partial charge in [0.1, 0.15) is 10.7 Å². The van der Waals surface area contributed by atoms with E-state index in [-0.39, 0.29) is 16.8 Å². The Morgan fingerprint density at radius 2 is 1.90 bits per heavy atom. The number of amides is 1. The Hall–Kier alpha value is -2.67. The first-order valence-electron chi connectivity index (χ1n) is 9.83. The molecule has 6 nitrogen and oxygen atoms in total. The zero-order valence-corrected chi connectivity index (χ0v) is 17.9. The van der Waals surface area contributed by atoms with Crippen molar-refractivity contribution in [3.05, 3.63) is 53.6 Å². The van der Waals surface area contributed by atoms with Crippen molar-refractivity contribution in [2.45, 2.75) is 45.1 Å². The highest BCUT2D eigenvalue weighted by molar-refractivity contribution is 7.90. The first kappa shape index (κ1) is 19.6. The number of hydrogen-bond donors (Lipinski definition) is 0. The third-order valence-corrected chi connectivity index (χ3v) is 6.78. The number of para-hydroxylation sites is 1. The normalized spacial score (nSPS) is 19.8. The van der Waals surface area contributed by atoms with Crippen LogP contribution in [-0.4, -0.2) is 32.7 Å². The zero-order chi connectivity index (χ0) is 20.9. The van der Waals surface area contributed by atoms with Crippen molar-refractivity contribution in [3.8, 4) is 0 Å². The molecule has 7 heteroatoms. The fraction of sp³-hybridized carbons (Fsp3) is 0.364. The predicted molar refractivity (Wildman–Crippen MR) is 115 cm³/mol. The molecule has 4 rings (SSSR count). The van der Waals surface area contributed by atoms with Crippen molar-refractivity contribution in [1.29, 1.82) is 0 Å². The molecule has 0 N–H and O–H groups in total. The average molecular weight is 412 g/mol. The first-order chi connectivity index (χ1) is 13.7. The fourth-order valence-electron chi connectivity index (χ4n) is 4.13. The highest BCUT2D eigenvalue weighted by Crippen LogP contribution is 2.36. The number of carbonyl (C=O) groups is 1. The van der Waals surface area contributed by atoms with Crippen LogP contribution < -0.4 is 9.80 Å². The van der Waals surface area contributed by atoms with E-state index in [1.54, 1.807) is 24.0 Å². The number of anilines is 2. The van der Waals surface area contributed by atoms with Gasteiger partial charge in [-0.15, -0.1) is 4.40 Å². The summed E-state index contributed by atoms with van der Waals surface area (Å²) in [6.07, 6.45) is 0.788. The zero-order valence-electron chi connectivity index (χ0n) is 17.1. The molecule has 0 radical (unpaired) electrons. The number of sulfonamides is 1. The molecule has 0 aromatic heterocycles. The minimum atomic E-state index is -3.84. The summed E-state index contributed by atoms with van der Waals surface area (Å²) in [4.78, 5) is 17.1. The molecular weight excluding hydrogens is 386 g/mol. The van der Waals surface area contributed by atoms with Crippen molar-refractivity contribution in [2.24, 2.45) is 10.3 Å². The predicted octanol–water partition coefficient (Wildman–Crippen LogP) is 3.86. The van der Waals surface area contributed by atoms with Crippen molar-refractivity contribution >= 4 is 33.1 Å². The van der Waals surface area contributed by atoms with Crippen LogP contribution in [0.3, 0.4) is 0 Å². The molecule has 1 atom stereocenters. The van der Waals surface area contributed by atoms with Gasteiger partial charge in [0.05, 0.1) is 5.69 Å². The molecule has 29 heavy (non-hydrogen) atoms. The van der Waals surface area contributed by atoms with Crippen LogP contribution >= 0.6 is 0 Å². The highest BCUT2D eigenvalue weighted by Gasteiger charge is 2.34. The minimum Gasteiger partial charge on any atom is -0.328 e. The largest absolute Gasteiger partial charge is 0.328 e. The van der Waals surface area contributed by atoms with Crippen LogP contribution in [0.15, 0.2) is 51.8 Å². The van der Waals surface area contributed by atoms with Crippen molar-refractivity contribution in [1.82, 2.24) is 0 Å². The van der Waals surface area contributed by atoms with Crippen LogP contribution in [0.2, 0.25) is 0 Å². The molecule has 0 aliphatic carbocycles. The number of carbonyl (C=O) groups excluding carboxylic acids is 1. The average Bonchev–Trinajstić information content (AvgIpc) is 2.99. The molecule has 0 bridgehead atoms. The van der Waals surface area contributed by atoms with E-state index in [1.165, 1.54) is 6.07 Å². The molecule has 0 saturated carbocycles. The van der Waals surface area contributed by atoms with Gasteiger partial charge in [-0.3, -0.25) is 4.79 Å². The monoisotopic (exact) mass is 411 g/mol. The van der Waals surface area contributed by atoms with E-state index in [1.807, 2.05) is 36.1 Å². The Labute approximate surface area is 171 Å². The van der Waals surface area contributed by atoms with Gasteiger partial charge >= 0.3 is 0 Å².